The molecule has 0 unspecified atom stereocenters. The molecule has 2 heterocycles. The maximum absolute atomic E-state index is 11.5. The molecular weight excluding hydrogens is 312 g/mol. The van der Waals surface area contributed by atoms with Crippen LogP contribution in [0.15, 0.2) is 29.6 Å². The number of ether oxygens (including phenoxy) is 1. The predicted octanol–water partition coefficient (Wildman–Crippen LogP) is 0.980. The highest BCUT2D eigenvalue weighted by atomic mass is 32.2. The smallest absolute Gasteiger partial charge is 0.279 e. The van der Waals surface area contributed by atoms with E-state index < -0.39 is 10.2 Å². The molecular formula is C12H16N4O3S2. The van der Waals surface area contributed by atoms with E-state index in [0.717, 1.165) is 14.9 Å². The van der Waals surface area contributed by atoms with Crippen molar-refractivity contribution in [2.24, 2.45) is 0 Å². The third-order valence-electron chi connectivity index (χ3n) is 2.53. The fourth-order valence-corrected chi connectivity index (χ4v) is 2.70. The number of nitrogens with one attached hydrogen (secondary N) is 1. The molecule has 0 saturated carbocycles. The molecule has 0 aliphatic carbocycles. The van der Waals surface area contributed by atoms with Crippen molar-refractivity contribution in [3.05, 3.63) is 29.6 Å². The minimum absolute atomic E-state index is 0.162. The molecule has 2 rings (SSSR count). The Bertz CT molecular complexity index is 654. The molecule has 0 radical (unpaired) electrons. The maximum Gasteiger partial charge on any atom is 0.279 e. The lowest BCUT2D eigenvalue weighted by Crippen LogP contribution is -2.37. The Balaban J connectivity index is 1.82. The van der Waals surface area contributed by atoms with Gasteiger partial charge in [-0.3, -0.25) is 0 Å². The van der Waals surface area contributed by atoms with E-state index in [4.69, 9.17) is 4.74 Å². The standard InChI is InChI=1S/C12H16N4O3S2/c1-16(2)21(17,18)13-7-8-19-12-6-5-10(14-15-12)11-4-3-9-20-11/h3-6,9,13H,7-8H2,1-2H3. The predicted molar refractivity (Wildman–Crippen MR) is 81.4 cm³/mol. The molecule has 9 heteroatoms. The van der Waals surface area contributed by atoms with E-state index in [1.54, 1.807) is 17.4 Å². The van der Waals surface area contributed by atoms with Crippen LogP contribution in [0.3, 0.4) is 0 Å². The molecule has 0 bridgehead atoms. The molecule has 1 N–H and O–H groups in total. The van der Waals surface area contributed by atoms with Crippen molar-refractivity contribution in [3.63, 3.8) is 0 Å². The highest BCUT2D eigenvalue weighted by molar-refractivity contribution is 7.87. The van der Waals surface area contributed by atoms with Gasteiger partial charge in [-0.15, -0.1) is 21.5 Å². The lowest BCUT2D eigenvalue weighted by molar-refractivity contribution is 0.306. The van der Waals surface area contributed by atoms with Crippen LogP contribution in [0.5, 0.6) is 5.88 Å². The van der Waals surface area contributed by atoms with Crippen LogP contribution in [-0.4, -0.2) is 50.2 Å². The van der Waals surface area contributed by atoms with Gasteiger partial charge in [0.2, 0.25) is 5.88 Å². The van der Waals surface area contributed by atoms with Gasteiger partial charge in [-0.2, -0.15) is 17.4 Å². The summed E-state index contributed by atoms with van der Waals surface area (Å²) in [6, 6.07) is 7.44. The SMILES string of the molecule is CN(C)S(=O)(=O)NCCOc1ccc(-c2cccs2)nn1. The van der Waals surface area contributed by atoms with Crippen LogP contribution in [-0.2, 0) is 10.2 Å². The molecule has 0 aliphatic rings. The number of rotatable bonds is 7. The Morgan fingerprint density at radius 2 is 2.10 bits per heavy atom. The van der Waals surface area contributed by atoms with E-state index in [9.17, 15) is 8.42 Å². The molecule has 0 spiro atoms. The maximum atomic E-state index is 11.5. The van der Waals surface area contributed by atoms with Crippen molar-refractivity contribution in [2.45, 2.75) is 0 Å². The zero-order chi connectivity index (χ0) is 15.3. The summed E-state index contributed by atoms with van der Waals surface area (Å²) >= 11 is 1.58. The van der Waals surface area contributed by atoms with Gasteiger partial charge in [0.25, 0.3) is 10.2 Å². The average Bonchev–Trinajstić information content (AvgIpc) is 2.98. The third-order valence-corrected chi connectivity index (χ3v) is 4.95. The molecule has 0 aromatic carbocycles. The minimum Gasteiger partial charge on any atom is -0.475 e. The van der Waals surface area contributed by atoms with E-state index in [1.807, 2.05) is 23.6 Å². The first kappa shape index (κ1) is 15.8. The number of hydrogen-bond donors (Lipinski definition) is 1. The molecule has 114 valence electrons. The lowest BCUT2D eigenvalue weighted by Gasteiger charge is -2.12. The van der Waals surface area contributed by atoms with E-state index in [-0.39, 0.29) is 13.2 Å². The van der Waals surface area contributed by atoms with Gasteiger partial charge in [0.1, 0.15) is 12.3 Å². The lowest BCUT2D eigenvalue weighted by atomic mass is 10.3. The first-order valence-electron chi connectivity index (χ1n) is 6.16. The van der Waals surface area contributed by atoms with Crippen LogP contribution in [0.1, 0.15) is 0 Å². The molecule has 0 aliphatic heterocycles. The number of aromatic nitrogens is 2. The number of hydrogen-bond acceptors (Lipinski definition) is 6. The summed E-state index contributed by atoms with van der Waals surface area (Å²) in [5.41, 5.74) is 0.783. The number of thiophene rings is 1. The topological polar surface area (TPSA) is 84.4 Å². The van der Waals surface area contributed by atoms with E-state index in [1.165, 1.54) is 14.1 Å². The molecule has 0 saturated heterocycles. The van der Waals surface area contributed by atoms with Gasteiger partial charge in [-0.1, -0.05) is 6.07 Å². The summed E-state index contributed by atoms with van der Waals surface area (Å²) < 4.78 is 31.7. The normalized spacial score (nSPS) is 11.8. The van der Waals surface area contributed by atoms with Gasteiger partial charge in [0, 0.05) is 26.7 Å². The van der Waals surface area contributed by atoms with Crippen LogP contribution < -0.4 is 9.46 Å². The van der Waals surface area contributed by atoms with Gasteiger partial charge >= 0.3 is 0 Å². The van der Waals surface area contributed by atoms with Crippen LogP contribution in [0.2, 0.25) is 0 Å². The Morgan fingerprint density at radius 3 is 2.67 bits per heavy atom. The zero-order valence-corrected chi connectivity index (χ0v) is 13.3. The second-order valence-electron chi connectivity index (χ2n) is 4.26. The summed E-state index contributed by atoms with van der Waals surface area (Å²) in [5, 5.41) is 9.99. The van der Waals surface area contributed by atoms with Gasteiger partial charge in [0.15, 0.2) is 0 Å². The summed E-state index contributed by atoms with van der Waals surface area (Å²) in [6.45, 7) is 0.342. The molecule has 0 fully saturated rings. The Labute approximate surface area is 127 Å². The molecule has 2 aromatic heterocycles. The molecule has 0 atom stereocenters. The van der Waals surface area contributed by atoms with Gasteiger partial charge in [-0.25, -0.2) is 0 Å². The Kier molecular flexibility index (Phi) is 5.23. The number of nitrogens with zero attached hydrogens (tertiary/aromatic N) is 3. The molecule has 7 nitrogen and oxygen atoms in total. The molecule has 2 aromatic rings. The van der Waals surface area contributed by atoms with Crippen molar-refractivity contribution >= 4 is 21.5 Å². The fourth-order valence-electron chi connectivity index (χ4n) is 1.41. The van der Waals surface area contributed by atoms with Crippen molar-refractivity contribution in [3.8, 4) is 16.5 Å². The zero-order valence-electron chi connectivity index (χ0n) is 11.7. The molecule has 0 amide bonds. The van der Waals surface area contributed by atoms with Crippen LogP contribution >= 0.6 is 11.3 Å². The highest BCUT2D eigenvalue weighted by Gasteiger charge is 2.11. The monoisotopic (exact) mass is 328 g/mol. The highest BCUT2D eigenvalue weighted by Crippen LogP contribution is 2.22. The van der Waals surface area contributed by atoms with E-state index in [0.29, 0.717) is 5.88 Å². The van der Waals surface area contributed by atoms with Gasteiger partial charge in [0.05, 0.1) is 4.88 Å². The van der Waals surface area contributed by atoms with Crippen LogP contribution in [0.25, 0.3) is 10.6 Å². The summed E-state index contributed by atoms with van der Waals surface area (Å²) in [7, 11) is -0.508. The summed E-state index contributed by atoms with van der Waals surface area (Å²) in [6.07, 6.45) is 0. The quantitative estimate of drug-likeness (QED) is 0.766. The summed E-state index contributed by atoms with van der Waals surface area (Å²) in [5.74, 6) is 0.361. The van der Waals surface area contributed by atoms with Crippen LogP contribution in [0, 0.1) is 0 Å². The second kappa shape index (κ2) is 6.94. The van der Waals surface area contributed by atoms with Crippen molar-refractivity contribution in [2.75, 3.05) is 27.2 Å². The van der Waals surface area contributed by atoms with Crippen LogP contribution in [0.4, 0.5) is 0 Å². The first-order chi connectivity index (χ1) is 9.99. The van der Waals surface area contributed by atoms with Crippen molar-refractivity contribution < 1.29 is 13.2 Å². The average molecular weight is 328 g/mol. The van der Waals surface area contributed by atoms with Crippen molar-refractivity contribution in [1.82, 2.24) is 19.2 Å². The fraction of sp³-hybridized carbons (Fsp3) is 0.333. The van der Waals surface area contributed by atoms with Crippen molar-refractivity contribution in [1.29, 1.82) is 0 Å². The molecule has 21 heavy (non-hydrogen) atoms. The minimum atomic E-state index is -3.42. The van der Waals surface area contributed by atoms with E-state index >= 15 is 0 Å². The second-order valence-corrected chi connectivity index (χ2v) is 7.18. The van der Waals surface area contributed by atoms with E-state index in [2.05, 4.69) is 14.9 Å². The summed E-state index contributed by atoms with van der Waals surface area (Å²) in [4.78, 5) is 1.03. The first-order valence-corrected chi connectivity index (χ1v) is 8.48. The largest absolute Gasteiger partial charge is 0.475 e. The Morgan fingerprint density at radius 1 is 1.29 bits per heavy atom. The van der Waals surface area contributed by atoms with Gasteiger partial charge < -0.3 is 4.74 Å². The third kappa shape index (κ3) is 4.46. The Hall–Kier alpha value is -1.55. The van der Waals surface area contributed by atoms with Gasteiger partial charge in [-0.05, 0) is 17.5 Å².